The number of hydrogen-bond acceptors (Lipinski definition) is 6. The highest BCUT2D eigenvalue weighted by molar-refractivity contribution is 7.89. The smallest absolute Gasteiger partial charge is 0.422 e. The minimum absolute atomic E-state index is 0.0333. The van der Waals surface area contributed by atoms with Crippen molar-refractivity contribution < 1.29 is 44.2 Å². The average molecular weight is 537 g/mol. The van der Waals surface area contributed by atoms with Crippen LogP contribution in [0.15, 0.2) is 53.4 Å². The molecule has 7 nitrogen and oxygen atoms in total. The molecule has 0 bridgehead atoms. The van der Waals surface area contributed by atoms with Crippen molar-refractivity contribution in [3.63, 3.8) is 0 Å². The second kappa shape index (κ2) is 10.8. The quantitative estimate of drug-likeness (QED) is 0.350. The first-order valence-corrected chi connectivity index (χ1v) is 12.0. The zero-order chi connectivity index (χ0) is 26.6. The zero-order valence-electron chi connectivity index (χ0n) is 18.6. The lowest BCUT2D eigenvalue weighted by molar-refractivity contribution is -0.154. The lowest BCUT2D eigenvalue weighted by Gasteiger charge is -2.29. The molecule has 0 aliphatic carbocycles. The van der Waals surface area contributed by atoms with Gasteiger partial charge < -0.3 is 14.4 Å². The van der Waals surface area contributed by atoms with Crippen LogP contribution >= 0.6 is 0 Å². The summed E-state index contributed by atoms with van der Waals surface area (Å²) in [4.78, 5) is 0.556. The summed E-state index contributed by atoms with van der Waals surface area (Å²) in [6, 6.07) is 10.0. The Kier molecular flexibility index (Phi) is 8.25. The van der Waals surface area contributed by atoms with Gasteiger partial charge in [0.2, 0.25) is 10.0 Å². The van der Waals surface area contributed by atoms with Crippen LogP contribution in [0.4, 0.5) is 26.3 Å². The van der Waals surface area contributed by atoms with E-state index >= 15 is 0 Å². The first kappa shape index (κ1) is 27.4. The number of sulfonamides is 1. The van der Waals surface area contributed by atoms with Crippen LogP contribution in [-0.2, 0) is 16.6 Å². The van der Waals surface area contributed by atoms with Crippen LogP contribution in [0.2, 0.25) is 0 Å². The monoisotopic (exact) mass is 537 g/mol. The average Bonchev–Trinajstić information content (AvgIpc) is 3.28. The van der Waals surface area contributed by atoms with E-state index in [1.54, 1.807) is 30.3 Å². The van der Waals surface area contributed by atoms with Crippen LogP contribution in [0.1, 0.15) is 12.0 Å². The van der Waals surface area contributed by atoms with E-state index in [2.05, 4.69) is 4.74 Å². The van der Waals surface area contributed by atoms with Gasteiger partial charge in [0.05, 0.1) is 0 Å². The van der Waals surface area contributed by atoms with Crippen molar-refractivity contribution in [2.75, 3.05) is 26.3 Å². The molecule has 0 amide bonds. The Morgan fingerprint density at radius 2 is 1.64 bits per heavy atom. The number of ether oxygens (including phenoxy) is 2. The molecule has 1 aliphatic rings. The fraction of sp³-hybridized carbons (Fsp3) is 0.409. The molecule has 14 heteroatoms. The standard InChI is InChI=1S/C22H21F6N3O4S/c23-21(24,25)13-34-18-6-7-19(35-14-22(26,27)28)20(10-18)36(32,33)31(11-16-4-2-1-3-5-16)17-8-9-30(12-17)15-29/h1-7,10,17H,8-9,11-14H2/t17-/m1/s1. The number of rotatable bonds is 9. The number of hydrogen-bond donors (Lipinski definition) is 0. The van der Waals surface area contributed by atoms with E-state index in [0.29, 0.717) is 11.6 Å². The fourth-order valence-corrected chi connectivity index (χ4v) is 5.37. The summed E-state index contributed by atoms with van der Waals surface area (Å²) in [5.74, 6) is -1.21. The van der Waals surface area contributed by atoms with E-state index in [1.165, 1.54) is 4.90 Å². The molecule has 36 heavy (non-hydrogen) atoms. The Morgan fingerprint density at radius 3 is 2.22 bits per heavy atom. The lowest BCUT2D eigenvalue weighted by atomic mass is 10.2. The van der Waals surface area contributed by atoms with Gasteiger partial charge in [0.15, 0.2) is 19.4 Å². The van der Waals surface area contributed by atoms with E-state index in [-0.39, 0.29) is 26.1 Å². The summed E-state index contributed by atoms with van der Waals surface area (Å²) >= 11 is 0. The van der Waals surface area contributed by atoms with Crippen LogP contribution in [-0.4, -0.2) is 62.3 Å². The van der Waals surface area contributed by atoms with Gasteiger partial charge in [-0.3, -0.25) is 0 Å². The van der Waals surface area contributed by atoms with Crippen LogP contribution in [0.3, 0.4) is 0 Å². The minimum Gasteiger partial charge on any atom is -0.484 e. The molecule has 3 rings (SSSR count). The third-order valence-corrected chi connectivity index (χ3v) is 7.11. The van der Waals surface area contributed by atoms with Crippen molar-refractivity contribution in [1.29, 1.82) is 5.26 Å². The summed E-state index contributed by atoms with van der Waals surface area (Å²) in [5, 5.41) is 9.20. The summed E-state index contributed by atoms with van der Waals surface area (Å²) in [6.45, 7) is -3.45. The predicted molar refractivity (Wildman–Crippen MR) is 114 cm³/mol. The van der Waals surface area contributed by atoms with Crippen LogP contribution in [0.5, 0.6) is 11.5 Å². The van der Waals surface area contributed by atoms with E-state index in [4.69, 9.17) is 4.74 Å². The molecule has 1 atom stereocenters. The summed E-state index contributed by atoms with van der Waals surface area (Å²) in [5.41, 5.74) is 0.554. The van der Waals surface area contributed by atoms with Gasteiger partial charge in [-0.25, -0.2) is 8.42 Å². The Bertz CT molecular complexity index is 1180. The topological polar surface area (TPSA) is 82.9 Å². The number of benzene rings is 2. The third-order valence-electron chi connectivity index (χ3n) is 5.19. The highest BCUT2D eigenvalue weighted by atomic mass is 32.2. The second-order valence-corrected chi connectivity index (χ2v) is 9.80. The molecular weight excluding hydrogens is 516 g/mol. The maximum Gasteiger partial charge on any atom is 0.422 e. The molecule has 0 saturated carbocycles. The first-order valence-electron chi connectivity index (χ1n) is 10.5. The van der Waals surface area contributed by atoms with Crippen LogP contribution in [0, 0.1) is 11.5 Å². The summed E-state index contributed by atoms with van der Waals surface area (Å²) < 4.78 is 114. The highest BCUT2D eigenvalue weighted by Crippen LogP contribution is 2.35. The number of halogens is 6. The third kappa shape index (κ3) is 7.41. The van der Waals surface area contributed by atoms with Gasteiger partial charge in [0.1, 0.15) is 16.4 Å². The number of likely N-dealkylation sites (tertiary alicyclic amines) is 1. The van der Waals surface area contributed by atoms with Gasteiger partial charge in [-0.2, -0.15) is 35.9 Å². The molecule has 2 aromatic rings. The minimum atomic E-state index is -4.80. The Morgan fingerprint density at radius 1 is 1.00 bits per heavy atom. The molecular formula is C22H21F6N3O4S. The maximum absolute atomic E-state index is 13.8. The highest BCUT2D eigenvalue weighted by Gasteiger charge is 2.39. The zero-order valence-corrected chi connectivity index (χ0v) is 19.4. The molecule has 1 heterocycles. The molecule has 1 aliphatic heterocycles. The molecule has 1 fully saturated rings. The summed E-state index contributed by atoms with van der Waals surface area (Å²) in [7, 11) is -4.65. The number of nitrogens with zero attached hydrogens (tertiary/aromatic N) is 3. The van der Waals surface area contributed by atoms with E-state index in [0.717, 1.165) is 16.4 Å². The van der Waals surface area contributed by atoms with Gasteiger partial charge in [0, 0.05) is 31.7 Å². The normalized spacial score (nSPS) is 16.7. The van der Waals surface area contributed by atoms with Gasteiger partial charge in [-0.1, -0.05) is 30.3 Å². The van der Waals surface area contributed by atoms with Crippen molar-refractivity contribution >= 4 is 10.0 Å². The van der Waals surface area contributed by atoms with Crippen LogP contribution < -0.4 is 9.47 Å². The SMILES string of the molecule is N#CN1CC[C@@H](N(Cc2ccccc2)S(=O)(=O)c2cc(OCC(F)(F)F)ccc2OCC(F)(F)F)C1. The Labute approximate surface area is 203 Å². The van der Waals surface area contributed by atoms with Crippen molar-refractivity contribution in [1.82, 2.24) is 9.21 Å². The van der Waals surface area contributed by atoms with Crippen molar-refractivity contribution in [2.45, 2.75) is 36.3 Å². The Balaban J connectivity index is 2.05. The first-order chi connectivity index (χ1) is 16.8. The molecule has 196 valence electrons. The lowest BCUT2D eigenvalue weighted by Crippen LogP contribution is -2.41. The predicted octanol–water partition coefficient (Wildman–Crippen LogP) is 4.32. The van der Waals surface area contributed by atoms with Gasteiger partial charge >= 0.3 is 12.4 Å². The molecule has 0 radical (unpaired) electrons. The van der Waals surface area contributed by atoms with E-state index < -0.39 is 58.0 Å². The Hall–Kier alpha value is -3.18. The van der Waals surface area contributed by atoms with Crippen molar-refractivity contribution in [2.24, 2.45) is 0 Å². The molecule has 2 aromatic carbocycles. The molecule has 0 N–H and O–H groups in total. The van der Waals surface area contributed by atoms with Crippen molar-refractivity contribution in [3.8, 4) is 17.7 Å². The molecule has 0 unspecified atom stereocenters. The largest absolute Gasteiger partial charge is 0.484 e. The van der Waals surface area contributed by atoms with E-state index in [9.17, 15) is 40.0 Å². The number of alkyl halides is 6. The molecule has 0 aromatic heterocycles. The van der Waals surface area contributed by atoms with Crippen molar-refractivity contribution in [3.05, 3.63) is 54.1 Å². The van der Waals surface area contributed by atoms with Crippen LogP contribution in [0.25, 0.3) is 0 Å². The van der Waals surface area contributed by atoms with Gasteiger partial charge in [0.25, 0.3) is 0 Å². The second-order valence-electron chi connectivity index (χ2n) is 7.94. The van der Waals surface area contributed by atoms with Gasteiger partial charge in [-0.15, -0.1) is 0 Å². The molecule has 0 spiro atoms. The maximum atomic E-state index is 13.8. The number of nitriles is 1. The fourth-order valence-electron chi connectivity index (χ4n) is 3.59. The molecule has 1 saturated heterocycles. The van der Waals surface area contributed by atoms with E-state index in [1.807, 2.05) is 6.19 Å². The van der Waals surface area contributed by atoms with Gasteiger partial charge in [-0.05, 0) is 24.1 Å². The summed E-state index contributed by atoms with van der Waals surface area (Å²) in [6.07, 6.45) is -7.34.